The molecule has 0 saturated carbocycles. The molecule has 21 heavy (non-hydrogen) atoms. The zero-order chi connectivity index (χ0) is 14.3. The molecule has 1 aromatic heterocycles. The Hall–Kier alpha value is -1.28. The predicted octanol–water partition coefficient (Wildman–Crippen LogP) is -3.02. The van der Waals surface area contributed by atoms with Crippen LogP contribution in [0.1, 0.15) is 5.56 Å². The molecule has 1 fully saturated rings. The molecule has 8 heteroatoms. The number of carbonyl (C=O) groups excluding carboxylic acids is 2. The van der Waals surface area contributed by atoms with E-state index in [-0.39, 0.29) is 46.5 Å². The average molecular weight is 312 g/mol. The molecule has 102 valence electrons. The molecule has 0 radical (unpaired) electrons. The Morgan fingerprint density at radius 1 is 1.52 bits per heavy atom. The molecule has 0 unspecified atom stereocenters. The molecular formula is C13H9N2NaO4S. The molecule has 1 aromatic rings. The number of carboxylic acid groups (broad SMARTS) is 1. The predicted molar refractivity (Wildman–Crippen MR) is 70.1 cm³/mol. The first-order valence-electron chi connectivity index (χ1n) is 5.74. The monoisotopic (exact) mass is 312 g/mol. The number of hydrogen-bond donors (Lipinski definition) is 0. The van der Waals surface area contributed by atoms with Crippen molar-refractivity contribution in [2.75, 3.05) is 7.11 Å². The first kappa shape index (κ1) is 16.1. The van der Waals surface area contributed by atoms with Crippen LogP contribution < -0.4 is 39.4 Å². The van der Waals surface area contributed by atoms with Gasteiger partial charge in [-0.15, -0.1) is 11.8 Å². The van der Waals surface area contributed by atoms with Gasteiger partial charge in [-0.05, 0) is 23.1 Å². The molecule has 3 heterocycles. The fourth-order valence-corrected chi connectivity index (χ4v) is 3.15. The number of hydrogen-bond acceptors (Lipinski definition) is 6. The number of ether oxygens (including phenoxy) is 1. The average Bonchev–Trinajstić information content (AvgIpc) is 2.86. The second kappa shape index (κ2) is 6.23. The van der Waals surface area contributed by atoms with Crippen molar-refractivity contribution >= 4 is 29.7 Å². The molecule has 0 aliphatic carbocycles. The van der Waals surface area contributed by atoms with Crippen LogP contribution in [0.4, 0.5) is 0 Å². The molecule has 1 amide bonds. The Balaban J connectivity index is 0.00000161. The van der Waals surface area contributed by atoms with E-state index >= 15 is 0 Å². The molecule has 2 aliphatic rings. The van der Waals surface area contributed by atoms with Gasteiger partial charge in [-0.25, -0.2) is 4.98 Å². The molecule has 2 aliphatic heterocycles. The number of methoxy groups -OCH3 is 1. The van der Waals surface area contributed by atoms with Crippen molar-refractivity contribution in [1.82, 2.24) is 9.88 Å². The topological polar surface area (TPSA) is 82.6 Å². The van der Waals surface area contributed by atoms with Gasteiger partial charge in [0.25, 0.3) is 5.91 Å². The van der Waals surface area contributed by atoms with E-state index in [1.807, 2.05) is 0 Å². The Bertz CT molecular complexity index is 657. The minimum atomic E-state index is -1.33. The SMILES string of the molecule is COc1ccc(/C=C2\C(=O)N3C(C(=O)[O-])=CS[C@H]23)cn1.[Na+]. The largest absolute Gasteiger partial charge is 1.00 e. The number of fused-ring (bicyclic) bond motifs is 1. The number of carbonyl (C=O) groups is 2. The van der Waals surface area contributed by atoms with Crippen LogP contribution in [-0.4, -0.2) is 34.2 Å². The number of nitrogens with zero attached hydrogens (tertiary/aromatic N) is 2. The van der Waals surface area contributed by atoms with E-state index in [4.69, 9.17) is 4.74 Å². The Labute approximate surface area is 147 Å². The number of aromatic nitrogens is 1. The Morgan fingerprint density at radius 3 is 2.86 bits per heavy atom. The van der Waals surface area contributed by atoms with Crippen LogP contribution in [0.15, 0.2) is 35.0 Å². The third-order valence-corrected chi connectivity index (χ3v) is 4.12. The number of rotatable bonds is 3. The zero-order valence-electron chi connectivity index (χ0n) is 11.4. The van der Waals surface area contributed by atoms with Crippen LogP contribution in [0.3, 0.4) is 0 Å². The van der Waals surface area contributed by atoms with Crippen molar-refractivity contribution in [3.8, 4) is 5.88 Å². The summed E-state index contributed by atoms with van der Waals surface area (Å²) in [6.45, 7) is 0. The van der Waals surface area contributed by atoms with Crippen molar-refractivity contribution in [2.45, 2.75) is 5.37 Å². The summed E-state index contributed by atoms with van der Waals surface area (Å²) in [5.74, 6) is -1.16. The smallest absolute Gasteiger partial charge is 0.543 e. The number of pyridine rings is 1. The molecule has 1 saturated heterocycles. The maximum atomic E-state index is 12.0. The molecule has 3 rings (SSSR count). The van der Waals surface area contributed by atoms with Gasteiger partial charge in [-0.3, -0.25) is 9.69 Å². The first-order chi connectivity index (χ1) is 9.61. The van der Waals surface area contributed by atoms with Crippen LogP contribution >= 0.6 is 11.8 Å². The Morgan fingerprint density at radius 2 is 2.29 bits per heavy atom. The van der Waals surface area contributed by atoms with E-state index in [9.17, 15) is 14.7 Å². The van der Waals surface area contributed by atoms with Crippen LogP contribution in [0.25, 0.3) is 6.08 Å². The second-order valence-corrected chi connectivity index (χ2v) is 5.14. The minimum Gasteiger partial charge on any atom is -0.543 e. The number of β-lactam (4-membered cyclic amide) rings is 1. The minimum absolute atomic E-state index is 0. The standard InChI is InChI=1S/C13H10N2O4S.Na/c1-19-10-3-2-7(5-14-10)4-8-11(16)15-9(13(17)18)6-20-12(8)15;/h2-6,12H,1H3,(H,17,18);/q;+1/p-1/b8-4+;/t12-;/m1./s1. The van der Waals surface area contributed by atoms with Crippen molar-refractivity contribution in [2.24, 2.45) is 0 Å². The number of carboxylic acids is 1. The van der Waals surface area contributed by atoms with Gasteiger partial charge in [0.1, 0.15) is 5.37 Å². The quantitative estimate of drug-likeness (QED) is 0.336. The van der Waals surface area contributed by atoms with E-state index in [1.54, 1.807) is 24.4 Å². The summed E-state index contributed by atoms with van der Waals surface area (Å²) in [6, 6.07) is 3.47. The van der Waals surface area contributed by atoms with Crippen molar-refractivity contribution in [3.63, 3.8) is 0 Å². The summed E-state index contributed by atoms with van der Waals surface area (Å²) < 4.78 is 4.95. The molecule has 6 nitrogen and oxygen atoms in total. The summed E-state index contributed by atoms with van der Waals surface area (Å²) in [6.07, 6.45) is 3.30. The normalized spacial score (nSPS) is 21.3. The summed E-state index contributed by atoms with van der Waals surface area (Å²) in [5.41, 5.74) is 1.24. The molecule has 0 N–H and O–H groups in total. The summed E-state index contributed by atoms with van der Waals surface area (Å²) >= 11 is 1.28. The van der Waals surface area contributed by atoms with Gasteiger partial charge in [0.15, 0.2) is 0 Å². The Kier molecular flexibility index (Phi) is 4.77. The maximum absolute atomic E-state index is 12.0. The van der Waals surface area contributed by atoms with E-state index in [2.05, 4.69) is 4.98 Å². The van der Waals surface area contributed by atoms with Gasteiger partial charge < -0.3 is 14.6 Å². The third-order valence-electron chi connectivity index (χ3n) is 3.03. The van der Waals surface area contributed by atoms with E-state index < -0.39 is 5.97 Å². The van der Waals surface area contributed by atoms with Crippen LogP contribution in [0.2, 0.25) is 0 Å². The fraction of sp³-hybridized carbons (Fsp3) is 0.154. The summed E-state index contributed by atoms with van der Waals surface area (Å²) in [5, 5.41) is 12.0. The van der Waals surface area contributed by atoms with Gasteiger partial charge >= 0.3 is 29.6 Å². The first-order valence-corrected chi connectivity index (χ1v) is 6.68. The number of amides is 1. The molecule has 0 aromatic carbocycles. The van der Waals surface area contributed by atoms with Gasteiger partial charge in [-0.1, -0.05) is 0 Å². The van der Waals surface area contributed by atoms with Crippen molar-refractivity contribution in [3.05, 3.63) is 40.6 Å². The van der Waals surface area contributed by atoms with E-state index in [1.165, 1.54) is 29.2 Å². The maximum Gasteiger partial charge on any atom is 1.00 e. The van der Waals surface area contributed by atoms with Crippen LogP contribution in [0.5, 0.6) is 5.88 Å². The van der Waals surface area contributed by atoms with E-state index in [0.29, 0.717) is 11.5 Å². The molecule has 0 spiro atoms. The van der Waals surface area contributed by atoms with Gasteiger partial charge in [0.05, 0.1) is 24.3 Å². The summed E-state index contributed by atoms with van der Waals surface area (Å²) in [7, 11) is 1.52. The molecule has 1 atom stereocenters. The number of aliphatic carboxylic acids is 1. The fourth-order valence-electron chi connectivity index (χ4n) is 2.04. The third kappa shape index (κ3) is 2.74. The molecular weight excluding hydrogens is 303 g/mol. The van der Waals surface area contributed by atoms with Gasteiger partial charge in [-0.2, -0.15) is 0 Å². The van der Waals surface area contributed by atoms with Crippen molar-refractivity contribution in [1.29, 1.82) is 0 Å². The molecule has 0 bridgehead atoms. The van der Waals surface area contributed by atoms with E-state index in [0.717, 1.165) is 5.56 Å². The second-order valence-electron chi connectivity index (χ2n) is 4.19. The number of thioether (sulfide) groups is 1. The summed E-state index contributed by atoms with van der Waals surface area (Å²) in [4.78, 5) is 28.1. The van der Waals surface area contributed by atoms with Crippen molar-refractivity contribution < 1.29 is 49.0 Å². The van der Waals surface area contributed by atoms with Crippen LogP contribution in [-0.2, 0) is 9.59 Å². The van der Waals surface area contributed by atoms with Gasteiger partial charge in [0, 0.05) is 12.3 Å². The van der Waals surface area contributed by atoms with Crippen LogP contribution in [0, 0.1) is 0 Å². The zero-order valence-corrected chi connectivity index (χ0v) is 14.2. The van der Waals surface area contributed by atoms with Gasteiger partial charge in [0.2, 0.25) is 5.88 Å².